The summed E-state index contributed by atoms with van der Waals surface area (Å²) in [7, 11) is -3.01. The van der Waals surface area contributed by atoms with E-state index < -0.39 is 14.6 Å². The Morgan fingerprint density at radius 2 is 1.58 bits per heavy atom. The van der Waals surface area contributed by atoms with Crippen molar-refractivity contribution >= 4 is 9.84 Å². The van der Waals surface area contributed by atoms with E-state index in [4.69, 9.17) is 0 Å². The molecule has 12 heavy (non-hydrogen) atoms. The van der Waals surface area contributed by atoms with Crippen molar-refractivity contribution in [1.82, 2.24) is 0 Å². The van der Waals surface area contributed by atoms with Gasteiger partial charge in [-0.1, -0.05) is 0 Å². The molecule has 0 aromatic carbocycles. The van der Waals surface area contributed by atoms with E-state index in [1.165, 1.54) is 0 Å². The summed E-state index contributed by atoms with van der Waals surface area (Å²) >= 11 is 0. The smallest absolute Gasteiger partial charge is 0.155 e. The third-order valence-electron chi connectivity index (χ3n) is 1.74. The van der Waals surface area contributed by atoms with Crippen molar-refractivity contribution < 1.29 is 13.5 Å². The fraction of sp³-hybridized carbons (Fsp3) is 1.00. The molecule has 3 nitrogen and oxygen atoms in total. The lowest BCUT2D eigenvalue weighted by atomic mass is 10.3. The summed E-state index contributed by atoms with van der Waals surface area (Å²) in [6.45, 7) is 4.86. The van der Waals surface area contributed by atoms with Crippen LogP contribution >= 0.6 is 0 Å². The van der Waals surface area contributed by atoms with Crippen LogP contribution in [0.1, 0.15) is 33.6 Å². The minimum absolute atomic E-state index is 0.138. The van der Waals surface area contributed by atoms with E-state index >= 15 is 0 Å². The SMILES string of the molecule is CC(C)(C)S(=O)(=O)CCCC[O]. The zero-order chi connectivity index (χ0) is 9.83. The van der Waals surface area contributed by atoms with E-state index in [2.05, 4.69) is 0 Å². The summed E-state index contributed by atoms with van der Waals surface area (Å²) < 4.78 is 22.2. The van der Waals surface area contributed by atoms with Crippen LogP contribution in [0, 0.1) is 0 Å². The van der Waals surface area contributed by atoms with Crippen LogP contribution in [0.5, 0.6) is 0 Å². The highest BCUT2D eigenvalue weighted by Crippen LogP contribution is 2.16. The van der Waals surface area contributed by atoms with Gasteiger partial charge in [0.25, 0.3) is 0 Å². The van der Waals surface area contributed by atoms with Crippen LogP contribution in [0.3, 0.4) is 0 Å². The molecule has 0 bridgehead atoms. The van der Waals surface area contributed by atoms with Crippen LogP contribution in [0.25, 0.3) is 0 Å². The number of hydrogen-bond donors (Lipinski definition) is 0. The Labute approximate surface area is 74.7 Å². The summed E-state index contributed by atoms with van der Waals surface area (Å²) in [5.74, 6) is 0.138. The van der Waals surface area contributed by atoms with Gasteiger partial charge in [-0.05, 0) is 33.6 Å². The second kappa shape index (κ2) is 4.23. The zero-order valence-corrected chi connectivity index (χ0v) is 8.78. The minimum Gasteiger partial charge on any atom is -0.237 e. The normalized spacial score (nSPS) is 13.3. The molecule has 0 rings (SSSR count). The predicted octanol–water partition coefficient (Wildman–Crippen LogP) is 1.41. The molecule has 0 aliphatic heterocycles. The van der Waals surface area contributed by atoms with E-state index in [1.54, 1.807) is 20.8 Å². The number of hydrogen-bond acceptors (Lipinski definition) is 2. The maximum Gasteiger partial charge on any atom is 0.155 e. The maximum absolute atomic E-state index is 11.4. The highest BCUT2D eigenvalue weighted by Gasteiger charge is 2.27. The van der Waals surface area contributed by atoms with Crippen molar-refractivity contribution in [1.29, 1.82) is 0 Å². The van der Waals surface area contributed by atoms with E-state index in [0.29, 0.717) is 12.8 Å². The summed E-state index contributed by atoms with van der Waals surface area (Å²) in [5, 5.41) is 10.1. The topological polar surface area (TPSA) is 54.0 Å². The first-order chi connectivity index (χ1) is 5.31. The zero-order valence-electron chi connectivity index (χ0n) is 7.96. The number of sulfone groups is 1. The molecule has 0 saturated carbocycles. The van der Waals surface area contributed by atoms with Gasteiger partial charge in [-0.2, -0.15) is 0 Å². The van der Waals surface area contributed by atoms with Gasteiger partial charge in [0.1, 0.15) is 0 Å². The molecule has 73 valence electrons. The highest BCUT2D eigenvalue weighted by molar-refractivity contribution is 7.92. The molecule has 0 aliphatic carbocycles. The molecule has 0 aliphatic rings. The van der Waals surface area contributed by atoms with Gasteiger partial charge in [0.05, 0.1) is 17.1 Å². The summed E-state index contributed by atoms with van der Waals surface area (Å²) in [6.07, 6.45) is 0.943. The molecular weight excluding hydrogens is 176 g/mol. The Morgan fingerprint density at radius 3 is 1.92 bits per heavy atom. The van der Waals surface area contributed by atoms with Gasteiger partial charge in [-0.15, -0.1) is 0 Å². The molecule has 1 radical (unpaired) electrons. The minimum atomic E-state index is -3.01. The van der Waals surface area contributed by atoms with Crippen LogP contribution in [0.2, 0.25) is 0 Å². The third kappa shape index (κ3) is 3.54. The molecule has 0 heterocycles. The Hall–Kier alpha value is -0.0900. The average Bonchev–Trinajstić information content (AvgIpc) is 1.85. The quantitative estimate of drug-likeness (QED) is 0.634. The molecule has 0 saturated heterocycles. The predicted molar refractivity (Wildman–Crippen MR) is 48.3 cm³/mol. The van der Waals surface area contributed by atoms with Crippen molar-refractivity contribution in [3.8, 4) is 0 Å². The Kier molecular flexibility index (Phi) is 4.20. The van der Waals surface area contributed by atoms with Gasteiger partial charge >= 0.3 is 0 Å². The second-order valence-corrected chi connectivity index (χ2v) is 6.70. The van der Waals surface area contributed by atoms with Crippen LogP contribution in [0.4, 0.5) is 0 Å². The molecule has 0 aromatic heterocycles. The number of rotatable bonds is 4. The van der Waals surface area contributed by atoms with Gasteiger partial charge in [0, 0.05) is 0 Å². The maximum atomic E-state index is 11.4. The van der Waals surface area contributed by atoms with Gasteiger partial charge in [-0.3, -0.25) is 0 Å². The standard InChI is InChI=1S/C8H17O3S/c1-8(2,3)12(10,11)7-5-4-6-9/h4-7H2,1-3H3. The molecule has 0 atom stereocenters. The fourth-order valence-electron chi connectivity index (χ4n) is 0.700. The van der Waals surface area contributed by atoms with Crippen LogP contribution in [0.15, 0.2) is 0 Å². The van der Waals surface area contributed by atoms with E-state index in [1.807, 2.05) is 0 Å². The van der Waals surface area contributed by atoms with Gasteiger partial charge in [0.15, 0.2) is 9.84 Å². The third-order valence-corrected chi connectivity index (χ3v) is 4.43. The van der Waals surface area contributed by atoms with Gasteiger partial charge < -0.3 is 0 Å². The molecule has 0 unspecified atom stereocenters. The lowest BCUT2D eigenvalue weighted by Gasteiger charge is -2.18. The molecule has 0 spiro atoms. The fourth-order valence-corrected chi connectivity index (χ4v) is 1.90. The molecule has 4 heteroatoms. The van der Waals surface area contributed by atoms with Crippen molar-refractivity contribution in [3.63, 3.8) is 0 Å². The molecular formula is C8H17O3S. The summed E-state index contributed by atoms with van der Waals surface area (Å²) in [5.41, 5.74) is 0. The lowest BCUT2D eigenvalue weighted by molar-refractivity contribution is 0.188. The average molecular weight is 193 g/mol. The van der Waals surface area contributed by atoms with Crippen molar-refractivity contribution in [3.05, 3.63) is 0 Å². The second-order valence-electron chi connectivity index (χ2n) is 3.84. The Balaban J connectivity index is 4.08. The van der Waals surface area contributed by atoms with Crippen molar-refractivity contribution in [2.45, 2.75) is 38.4 Å². The number of unbranched alkanes of at least 4 members (excludes halogenated alkanes) is 1. The summed E-state index contributed by atoms with van der Waals surface area (Å²) in [6, 6.07) is 0. The first-order valence-electron chi connectivity index (χ1n) is 4.11. The van der Waals surface area contributed by atoms with Gasteiger partial charge in [0.2, 0.25) is 0 Å². The van der Waals surface area contributed by atoms with E-state index in [0.717, 1.165) is 0 Å². The first-order valence-corrected chi connectivity index (χ1v) is 5.77. The summed E-state index contributed by atoms with van der Waals surface area (Å²) in [4.78, 5) is 0. The monoisotopic (exact) mass is 193 g/mol. The highest BCUT2D eigenvalue weighted by atomic mass is 32.2. The van der Waals surface area contributed by atoms with Crippen LogP contribution in [-0.4, -0.2) is 25.5 Å². The van der Waals surface area contributed by atoms with E-state index in [-0.39, 0.29) is 12.4 Å². The molecule has 0 amide bonds. The van der Waals surface area contributed by atoms with Gasteiger partial charge in [-0.25, -0.2) is 13.5 Å². The van der Waals surface area contributed by atoms with Crippen LogP contribution in [-0.2, 0) is 14.9 Å². The first kappa shape index (κ1) is 11.9. The molecule has 0 N–H and O–H groups in total. The Bertz CT molecular complexity index is 211. The largest absolute Gasteiger partial charge is 0.237 e. The molecule has 0 aromatic rings. The van der Waals surface area contributed by atoms with Crippen LogP contribution < -0.4 is 0 Å². The van der Waals surface area contributed by atoms with Crippen molar-refractivity contribution in [2.24, 2.45) is 0 Å². The van der Waals surface area contributed by atoms with Crippen molar-refractivity contribution in [2.75, 3.05) is 12.4 Å². The Morgan fingerprint density at radius 1 is 1.08 bits per heavy atom. The molecule has 0 fully saturated rings. The van der Waals surface area contributed by atoms with E-state index in [9.17, 15) is 13.5 Å². The lowest BCUT2D eigenvalue weighted by Crippen LogP contribution is -2.30.